The van der Waals surface area contributed by atoms with E-state index in [1.165, 1.54) is 6.42 Å². The predicted molar refractivity (Wildman–Crippen MR) is 65.8 cm³/mol. The largest absolute Gasteiger partial charge is 0.391 e. The minimum Gasteiger partial charge on any atom is -0.391 e. The molecule has 16 heavy (non-hydrogen) atoms. The Morgan fingerprint density at radius 1 is 1.50 bits per heavy atom. The van der Waals surface area contributed by atoms with Gasteiger partial charge in [-0.25, -0.2) is 0 Å². The molecule has 0 spiro atoms. The Labute approximate surface area is 99.7 Å². The molecular formula is C14H25NO. The first kappa shape index (κ1) is 13.5. The molecule has 3 unspecified atom stereocenters. The van der Waals surface area contributed by atoms with Gasteiger partial charge in [0.25, 0.3) is 0 Å². The first-order valence-electron chi connectivity index (χ1n) is 6.77. The maximum absolute atomic E-state index is 10.2. The fourth-order valence-electron chi connectivity index (χ4n) is 2.93. The minimum atomic E-state index is -0.436. The van der Waals surface area contributed by atoms with E-state index in [1.54, 1.807) is 0 Å². The molecule has 0 saturated heterocycles. The second-order valence-corrected chi connectivity index (χ2v) is 5.30. The van der Waals surface area contributed by atoms with Gasteiger partial charge < -0.3 is 5.11 Å². The molecule has 1 rings (SSSR count). The number of nitrogens with zero attached hydrogens (tertiary/aromatic N) is 1. The van der Waals surface area contributed by atoms with E-state index in [2.05, 4.69) is 19.9 Å². The molecule has 0 aromatic carbocycles. The summed E-state index contributed by atoms with van der Waals surface area (Å²) in [6.45, 7) is 4.32. The third-order valence-electron chi connectivity index (χ3n) is 4.16. The highest BCUT2D eigenvalue weighted by Gasteiger charge is 2.41. The highest BCUT2D eigenvalue weighted by molar-refractivity contribution is 5.06. The summed E-state index contributed by atoms with van der Waals surface area (Å²) in [6.07, 6.45) is 7.79. The third-order valence-corrected chi connectivity index (χ3v) is 4.16. The number of unbranched alkanes of at least 4 members (excludes halogenated alkanes) is 1. The van der Waals surface area contributed by atoms with Crippen LogP contribution in [0.4, 0.5) is 0 Å². The number of aliphatic hydroxyl groups is 1. The van der Waals surface area contributed by atoms with Crippen LogP contribution in [0.5, 0.6) is 0 Å². The number of rotatable bonds is 5. The normalized spacial score (nSPS) is 32.0. The van der Waals surface area contributed by atoms with Crippen LogP contribution in [-0.4, -0.2) is 11.2 Å². The molecule has 0 bridgehead atoms. The van der Waals surface area contributed by atoms with Gasteiger partial charge in [-0.05, 0) is 25.2 Å². The zero-order valence-corrected chi connectivity index (χ0v) is 10.7. The summed E-state index contributed by atoms with van der Waals surface area (Å²) in [5, 5.41) is 19.7. The van der Waals surface area contributed by atoms with Crippen molar-refractivity contribution in [1.82, 2.24) is 0 Å². The molecule has 1 fully saturated rings. The van der Waals surface area contributed by atoms with Crippen molar-refractivity contribution in [3.05, 3.63) is 0 Å². The van der Waals surface area contributed by atoms with Crippen molar-refractivity contribution in [2.75, 3.05) is 0 Å². The van der Waals surface area contributed by atoms with Gasteiger partial charge in [0.05, 0.1) is 17.6 Å². The van der Waals surface area contributed by atoms with Gasteiger partial charge in [-0.3, -0.25) is 0 Å². The van der Waals surface area contributed by atoms with E-state index in [4.69, 9.17) is 0 Å². The number of hydrogen-bond donors (Lipinski definition) is 1. The average molecular weight is 223 g/mol. The second-order valence-electron chi connectivity index (χ2n) is 5.30. The number of aliphatic hydroxyl groups excluding tert-OH is 1. The Hall–Kier alpha value is -0.550. The molecule has 0 aromatic rings. The lowest BCUT2D eigenvalue weighted by atomic mass is 9.66. The van der Waals surface area contributed by atoms with Gasteiger partial charge >= 0.3 is 0 Å². The van der Waals surface area contributed by atoms with E-state index in [1.807, 2.05) is 0 Å². The summed E-state index contributed by atoms with van der Waals surface area (Å²) in [7, 11) is 0. The van der Waals surface area contributed by atoms with Gasteiger partial charge in [-0.1, -0.05) is 46.0 Å². The van der Waals surface area contributed by atoms with Crippen molar-refractivity contribution in [3.8, 4) is 6.07 Å². The molecule has 2 nitrogen and oxygen atoms in total. The lowest BCUT2D eigenvalue weighted by molar-refractivity contribution is 0.0131. The van der Waals surface area contributed by atoms with E-state index in [0.29, 0.717) is 5.92 Å². The second kappa shape index (κ2) is 6.25. The molecule has 0 aromatic heterocycles. The zero-order valence-electron chi connectivity index (χ0n) is 10.7. The summed E-state index contributed by atoms with van der Waals surface area (Å²) in [6, 6.07) is 2.44. The van der Waals surface area contributed by atoms with Crippen LogP contribution in [0.1, 0.15) is 65.2 Å². The van der Waals surface area contributed by atoms with Crippen molar-refractivity contribution in [1.29, 1.82) is 5.26 Å². The SMILES string of the molecule is CCCCC(O)C1(C#N)CCCC(CC)C1. The Balaban J connectivity index is 2.65. The van der Waals surface area contributed by atoms with E-state index in [-0.39, 0.29) is 0 Å². The summed E-state index contributed by atoms with van der Waals surface area (Å²) in [5.41, 5.74) is -0.436. The van der Waals surface area contributed by atoms with Crippen LogP contribution in [0, 0.1) is 22.7 Å². The van der Waals surface area contributed by atoms with Gasteiger partial charge in [0.1, 0.15) is 0 Å². The van der Waals surface area contributed by atoms with Crippen LogP contribution in [0.15, 0.2) is 0 Å². The summed E-state index contributed by atoms with van der Waals surface area (Å²) >= 11 is 0. The quantitative estimate of drug-likeness (QED) is 0.773. The molecule has 2 heteroatoms. The van der Waals surface area contributed by atoms with E-state index in [9.17, 15) is 10.4 Å². The van der Waals surface area contributed by atoms with Gasteiger partial charge in [-0.2, -0.15) is 5.26 Å². The van der Waals surface area contributed by atoms with Crippen LogP contribution in [0.3, 0.4) is 0 Å². The highest BCUT2D eigenvalue weighted by atomic mass is 16.3. The van der Waals surface area contributed by atoms with E-state index in [0.717, 1.165) is 44.9 Å². The first-order chi connectivity index (χ1) is 7.68. The Morgan fingerprint density at radius 2 is 2.25 bits per heavy atom. The van der Waals surface area contributed by atoms with Gasteiger partial charge in [0.15, 0.2) is 0 Å². The number of hydrogen-bond acceptors (Lipinski definition) is 2. The van der Waals surface area contributed by atoms with Crippen molar-refractivity contribution >= 4 is 0 Å². The molecule has 0 aliphatic heterocycles. The average Bonchev–Trinajstić information content (AvgIpc) is 2.35. The smallest absolute Gasteiger partial charge is 0.0834 e. The predicted octanol–water partition coefficient (Wildman–Crippen LogP) is 3.65. The molecule has 1 aliphatic carbocycles. The van der Waals surface area contributed by atoms with Crippen LogP contribution in [0.25, 0.3) is 0 Å². The Bertz CT molecular complexity index is 246. The fraction of sp³-hybridized carbons (Fsp3) is 0.929. The maximum atomic E-state index is 10.2. The minimum absolute atomic E-state index is 0.410. The zero-order chi connectivity index (χ0) is 12.0. The molecule has 3 atom stereocenters. The van der Waals surface area contributed by atoms with Gasteiger partial charge in [0, 0.05) is 0 Å². The van der Waals surface area contributed by atoms with Crippen LogP contribution >= 0.6 is 0 Å². The van der Waals surface area contributed by atoms with Crippen molar-refractivity contribution in [2.45, 2.75) is 71.3 Å². The first-order valence-corrected chi connectivity index (χ1v) is 6.77. The standard InChI is InChI=1S/C14H25NO/c1-3-5-8-13(16)14(11-15)9-6-7-12(4-2)10-14/h12-13,16H,3-10H2,1-2H3. The van der Waals surface area contributed by atoms with Gasteiger partial charge in [0.2, 0.25) is 0 Å². The van der Waals surface area contributed by atoms with Crippen LogP contribution in [0.2, 0.25) is 0 Å². The Kier molecular flexibility index (Phi) is 5.28. The van der Waals surface area contributed by atoms with Crippen molar-refractivity contribution in [2.24, 2.45) is 11.3 Å². The molecule has 0 heterocycles. The lowest BCUT2D eigenvalue weighted by Gasteiger charge is -2.39. The van der Waals surface area contributed by atoms with Crippen LogP contribution in [-0.2, 0) is 0 Å². The fourth-order valence-corrected chi connectivity index (χ4v) is 2.93. The molecule has 1 saturated carbocycles. The third kappa shape index (κ3) is 2.98. The molecule has 0 radical (unpaired) electrons. The molecule has 0 amide bonds. The van der Waals surface area contributed by atoms with E-state index >= 15 is 0 Å². The van der Waals surface area contributed by atoms with Crippen LogP contribution < -0.4 is 0 Å². The Morgan fingerprint density at radius 3 is 2.81 bits per heavy atom. The maximum Gasteiger partial charge on any atom is 0.0834 e. The topological polar surface area (TPSA) is 44.0 Å². The highest BCUT2D eigenvalue weighted by Crippen LogP contribution is 2.43. The molecular weight excluding hydrogens is 198 g/mol. The molecule has 1 N–H and O–H groups in total. The van der Waals surface area contributed by atoms with Gasteiger partial charge in [-0.15, -0.1) is 0 Å². The van der Waals surface area contributed by atoms with Crippen molar-refractivity contribution in [3.63, 3.8) is 0 Å². The molecule has 1 aliphatic rings. The summed E-state index contributed by atoms with van der Waals surface area (Å²) < 4.78 is 0. The molecule has 92 valence electrons. The van der Waals surface area contributed by atoms with E-state index < -0.39 is 11.5 Å². The summed E-state index contributed by atoms with van der Waals surface area (Å²) in [4.78, 5) is 0. The lowest BCUT2D eigenvalue weighted by Crippen LogP contribution is -2.38. The number of nitriles is 1. The summed E-state index contributed by atoms with van der Waals surface area (Å²) in [5.74, 6) is 0.643. The monoisotopic (exact) mass is 223 g/mol. The van der Waals surface area contributed by atoms with Crippen molar-refractivity contribution < 1.29 is 5.11 Å².